The first-order chi connectivity index (χ1) is 6.21. The summed E-state index contributed by atoms with van der Waals surface area (Å²) in [6, 6.07) is 10.1. The van der Waals surface area contributed by atoms with Crippen molar-refractivity contribution < 1.29 is 4.79 Å². The zero-order valence-corrected chi connectivity index (χ0v) is 7.71. The molecule has 1 saturated heterocycles. The predicted octanol–water partition coefficient (Wildman–Crippen LogP) is 1.37. The predicted molar refractivity (Wildman–Crippen MR) is 51.3 cm³/mol. The number of rotatable bonds is 2. The molecule has 2 nitrogen and oxygen atoms in total. The van der Waals surface area contributed by atoms with Crippen LogP contribution in [0.25, 0.3) is 0 Å². The Labute approximate surface area is 78.0 Å². The van der Waals surface area contributed by atoms with Crippen molar-refractivity contribution in [2.75, 3.05) is 6.54 Å². The minimum atomic E-state index is -0.165. The quantitative estimate of drug-likeness (QED) is 0.676. The molecule has 1 atom stereocenters. The first-order valence-electron chi connectivity index (χ1n) is 4.53. The van der Waals surface area contributed by atoms with Crippen molar-refractivity contribution in [3.63, 3.8) is 0 Å². The lowest BCUT2D eigenvalue weighted by Gasteiger charge is -2.37. The Kier molecular flexibility index (Phi) is 1.83. The van der Waals surface area contributed by atoms with Crippen LogP contribution in [0.4, 0.5) is 0 Å². The second-order valence-electron chi connectivity index (χ2n) is 3.91. The molecule has 0 radical (unpaired) electrons. The van der Waals surface area contributed by atoms with Crippen LogP contribution < -0.4 is 5.32 Å². The Morgan fingerprint density at radius 1 is 1.38 bits per heavy atom. The molecule has 1 aromatic carbocycles. The summed E-state index contributed by atoms with van der Waals surface area (Å²) in [6.45, 7) is 2.82. The molecule has 1 aliphatic rings. The van der Waals surface area contributed by atoms with Crippen molar-refractivity contribution in [3.05, 3.63) is 35.9 Å². The van der Waals surface area contributed by atoms with Gasteiger partial charge in [-0.05, 0) is 18.9 Å². The number of β-lactam (4-membered cyclic amide) rings is 1. The van der Waals surface area contributed by atoms with E-state index in [2.05, 4.69) is 17.4 Å². The summed E-state index contributed by atoms with van der Waals surface area (Å²) in [5.74, 6) is 0.177. The Morgan fingerprint density at radius 2 is 2.08 bits per heavy atom. The SMILES string of the molecule is C[C@@]1(Cc2ccccc2)CNC1=O. The molecule has 1 amide bonds. The van der Waals surface area contributed by atoms with Crippen molar-refractivity contribution in [2.24, 2.45) is 5.41 Å². The van der Waals surface area contributed by atoms with E-state index < -0.39 is 0 Å². The monoisotopic (exact) mass is 175 g/mol. The molecule has 0 bridgehead atoms. The van der Waals surface area contributed by atoms with Crippen LogP contribution >= 0.6 is 0 Å². The molecule has 0 spiro atoms. The molecule has 1 heterocycles. The van der Waals surface area contributed by atoms with E-state index in [4.69, 9.17) is 0 Å². The first-order valence-corrected chi connectivity index (χ1v) is 4.53. The minimum absolute atomic E-state index is 0.165. The second kappa shape index (κ2) is 2.87. The maximum Gasteiger partial charge on any atom is 0.228 e. The fraction of sp³-hybridized carbons (Fsp3) is 0.364. The maximum absolute atomic E-state index is 11.2. The van der Waals surface area contributed by atoms with Crippen LogP contribution in [0.2, 0.25) is 0 Å². The molecule has 13 heavy (non-hydrogen) atoms. The lowest BCUT2D eigenvalue weighted by Crippen LogP contribution is -2.58. The summed E-state index contributed by atoms with van der Waals surface area (Å²) in [6.07, 6.45) is 0.847. The Morgan fingerprint density at radius 3 is 2.54 bits per heavy atom. The molecule has 0 unspecified atom stereocenters. The summed E-state index contributed by atoms with van der Waals surface area (Å²) in [7, 11) is 0. The van der Waals surface area contributed by atoms with Gasteiger partial charge in [0, 0.05) is 6.54 Å². The molecule has 1 N–H and O–H groups in total. The zero-order chi connectivity index (χ0) is 9.31. The fourth-order valence-corrected chi connectivity index (χ4v) is 1.65. The lowest BCUT2D eigenvalue weighted by molar-refractivity contribution is -0.138. The van der Waals surface area contributed by atoms with E-state index in [9.17, 15) is 4.79 Å². The Balaban J connectivity index is 2.11. The molecule has 0 aromatic heterocycles. The highest BCUT2D eigenvalue weighted by Gasteiger charge is 2.41. The maximum atomic E-state index is 11.2. The van der Waals surface area contributed by atoms with Gasteiger partial charge in [0.1, 0.15) is 0 Å². The number of benzene rings is 1. The van der Waals surface area contributed by atoms with Crippen molar-refractivity contribution in [1.82, 2.24) is 5.32 Å². The van der Waals surface area contributed by atoms with Gasteiger partial charge >= 0.3 is 0 Å². The molecule has 68 valence electrons. The van der Waals surface area contributed by atoms with E-state index in [0.29, 0.717) is 0 Å². The summed E-state index contributed by atoms with van der Waals surface area (Å²) in [5.41, 5.74) is 1.07. The fourth-order valence-electron chi connectivity index (χ4n) is 1.65. The van der Waals surface area contributed by atoms with E-state index in [1.54, 1.807) is 0 Å². The number of carbonyl (C=O) groups excluding carboxylic acids is 1. The third-order valence-electron chi connectivity index (χ3n) is 2.62. The Hall–Kier alpha value is -1.31. The second-order valence-corrected chi connectivity index (χ2v) is 3.91. The summed E-state index contributed by atoms with van der Waals surface area (Å²) in [4.78, 5) is 11.2. The van der Waals surface area contributed by atoms with Crippen molar-refractivity contribution in [3.8, 4) is 0 Å². The van der Waals surface area contributed by atoms with Crippen LogP contribution in [0.15, 0.2) is 30.3 Å². The zero-order valence-electron chi connectivity index (χ0n) is 7.71. The van der Waals surface area contributed by atoms with Gasteiger partial charge in [-0.15, -0.1) is 0 Å². The lowest BCUT2D eigenvalue weighted by atomic mass is 9.77. The van der Waals surface area contributed by atoms with Gasteiger partial charge in [0.15, 0.2) is 0 Å². The molecule has 1 aliphatic heterocycles. The number of nitrogens with one attached hydrogen (secondary N) is 1. The molecule has 0 saturated carbocycles. The van der Waals surface area contributed by atoms with Crippen molar-refractivity contribution in [1.29, 1.82) is 0 Å². The normalized spacial score (nSPS) is 26.4. The molecular formula is C11H13NO. The third-order valence-corrected chi connectivity index (χ3v) is 2.62. The van der Waals surface area contributed by atoms with Crippen LogP contribution in [0.1, 0.15) is 12.5 Å². The van der Waals surface area contributed by atoms with E-state index in [1.807, 2.05) is 25.1 Å². The molecule has 1 aromatic rings. The highest BCUT2D eigenvalue weighted by atomic mass is 16.2. The molecule has 0 aliphatic carbocycles. The topological polar surface area (TPSA) is 29.1 Å². The van der Waals surface area contributed by atoms with Crippen molar-refractivity contribution >= 4 is 5.91 Å². The molecule has 1 fully saturated rings. The highest BCUT2D eigenvalue weighted by Crippen LogP contribution is 2.27. The molecule has 2 rings (SSSR count). The largest absolute Gasteiger partial charge is 0.354 e. The average Bonchev–Trinajstić information content (AvgIpc) is 2.17. The average molecular weight is 175 g/mol. The van der Waals surface area contributed by atoms with Crippen LogP contribution in [0.5, 0.6) is 0 Å². The minimum Gasteiger partial charge on any atom is -0.354 e. The van der Waals surface area contributed by atoms with Gasteiger partial charge in [-0.1, -0.05) is 30.3 Å². The van der Waals surface area contributed by atoms with Crippen LogP contribution in [-0.4, -0.2) is 12.5 Å². The number of carbonyl (C=O) groups is 1. The smallest absolute Gasteiger partial charge is 0.228 e. The van der Waals surface area contributed by atoms with Gasteiger partial charge in [-0.3, -0.25) is 4.79 Å². The van der Waals surface area contributed by atoms with Gasteiger partial charge in [-0.2, -0.15) is 0 Å². The van der Waals surface area contributed by atoms with Gasteiger partial charge < -0.3 is 5.32 Å². The number of hydrogen-bond acceptors (Lipinski definition) is 1. The summed E-state index contributed by atoms with van der Waals surface area (Å²) in [5, 5.41) is 2.78. The summed E-state index contributed by atoms with van der Waals surface area (Å²) < 4.78 is 0. The first kappa shape index (κ1) is 8.30. The van der Waals surface area contributed by atoms with Gasteiger partial charge in [0.2, 0.25) is 5.91 Å². The van der Waals surface area contributed by atoms with E-state index in [0.717, 1.165) is 13.0 Å². The molecular weight excluding hydrogens is 162 g/mol. The number of amides is 1. The van der Waals surface area contributed by atoms with Crippen LogP contribution in [-0.2, 0) is 11.2 Å². The summed E-state index contributed by atoms with van der Waals surface area (Å²) >= 11 is 0. The highest BCUT2D eigenvalue weighted by molar-refractivity contribution is 5.88. The molecule has 2 heteroatoms. The van der Waals surface area contributed by atoms with Gasteiger partial charge in [0.25, 0.3) is 0 Å². The van der Waals surface area contributed by atoms with E-state index in [-0.39, 0.29) is 11.3 Å². The van der Waals surface area contributed by atoms with Crippen LogP contribution in [0, 0.1) is 5.41 Å². The number of hydrogen-bond donors (Lipinski definition) is 1. The standard InChI is InChI=1S/C11H13NO/c1-11(8-12-10(11)13)7-9-5-3-2-4-6-9/h2-6H,7-8H2,1H3,(H,12,13)/t11-/m1/s1. The van der Waals surface area contributed by atoms with Crippen molar-refractivity contribution in [2.45, 2.75) is 13.3 Å². The van der Waals surface area contributed by atoms with Crippen LogP contribution in [0.3, 0.4) is 0 Å². The van der Waals surface area contributed by atoms with E-state index in [1.165, 1.54) is 5.56 Å². The Bertz CT molecular complexity index is 320. The van der Waals surface area contributed by atoms with E-state index >= 15 is 0 Å². The third kappa shape index (κ3) is 1.44. The van der Waals surface area contributed by atoms with Gasteiger partial charge in [-0.25, -0.2) is 0 Å². The van der Waals surface area contributed by atoms with Gasteiger partial charge in [0.05, 0.1) is 5.41 Å².